The first kappa shape index (κ1) is 23.7. The van der Waals surface area contributed by atoms with Gasteiger partial charge in [0.15, 0.2) is 0 Å². The van der Waals surface area contributed by atoms with Gasteiger partial charge in [0.05, 0.1) is 29.7 Å². The van der Waals surface area contributed by atoms with Gasteiger partial charge in [0, 0.05) is 31.7 Å². The molecule has 1 aliphatic heterocycles. The number of nitrogens with zero attached hydrogens (tertiary/aromatic N) is 4. The first-order valence-corrected chi connectivity index (χ1v) is 9.93. The summed E-state index contributed by atoms with van der Waals surface area (Å²) < 4.78 is 38.6. The number of benzene rings is 1. The van der Waals surface area contributed by atoms with Crippen LogP contribution in [0.15, 0.2) is 48.8 Å². The van der Waals surface area contributed by atoms with Crippen molar-refractivity contribution in [1.82, 2.24) is 14.8 Å². The molecular weight excluding hydrogens is 439 g/mol. The van der Waals surface area contributed by atoms with E-state index in [1.807, 2.05) is 6.07 Å². The first-order chi connectivity index (χ1) is 15.6. The topological polar surface area (TPSA) is 106 Å². The number of alkyl halides is 3. The molecule has 11 heteroatoms. The van der Waals surface area contributed by atoms with Crippen LogP contribution in [0.4, 0.5) is 18.9 Å². The van der Waals surface area contributed by atoms with Gasteiger partial charge in [0.2, 0.25) is 11.8 Å². The monoisotopic (exact) mass is 459 g/mol. The second kappa shape index (κ2) is 9.68. The summed E-state index contributed by atoms with van der Waals surface area (Å²) in [4.78, 5) is 43.4. The summed E-state index contributed by atoms with van der Waals surface area (Å²) in [7, 11) is 1.26. The van der Waals surface area contributed by atoms with E-state index >= 15 is 0 Å². The van der Waals surface area contributed by atoms with Gasteiger partial charge in [0.1, 0.15) is 6.04 Å². The summed E-state index contributed by atoms with van der Waals surface area (Å²) in [5, 5.41) is 12.2. The summed E-state index contributed by atoms with van der Waals surface area (Å²) >= 11 is 0. The molecule has 2 unspecified atom stereocenters. The van der Waals surface area contributed by atoms with Crippen LogP contribution < -0.4 is 5.32 Å². The van der Waals surface area contributed by atoms with Crippen molar-refractivity contribution in [2.24, 2.45) is 5.92 Å². The van der Waals surface area contributed by atoms with E-state index in [1.165, 1.54) is 11.9 Å². The Morgan fingerprint density at radius 3 is 2.58 bits per heavy atom. The molecule has 8 nitrogen and oxygen atoms in total. The molecule has 0 aliphatic carbocycles. The normalized spacial score (nSPS) is 17.8. The van der Waals surface area contributed by atoms with Crippen molar-refractivity contribution >= 4 is 23.4 Å². The Hall–Kier alpha value is -3.94. The number of nitrogens with one attached hydrogen (secondary N) is 1. The van der Waals surface area contributed by atoms with Crippen LogP contribution >= 0.6 is 0 Å². The average Bonchev–Trinajstić information content (AvgIpc) is 3.23. The van der Waals surface area contributed by atoms with E-state index in [4.69, 9.17) is 0 Å². The zero-order valence-corrected chi connectivity index (χ0v) is 17.5. The summed E-state index contributed by atoms with van der Waals surface area (Å²) in [6.07, 6.45) is -2.94. The van der Waals surface area contributed by atoms with Crippen molar-refractivity contribution in [1.29, 1.82) is 5.26 Å². The number of para-hydroxylation sites is 1. The molecular formula is C22H20F3N5O3. The van der Waals surface area contributed by atoms with Crippen LogP contribution in [0.3, 0.4) is 0 Å². The number of carbonyl (C=O) groups is 3. The highest BCUT2D eigenvalue weighted by atomic mass is 19.4. The molecule has 1 aromatic heterocycles. The number of rotatable bonds is 5. The third-order valence-electron chi connectivity index (χ3n) is 5.21. The van der Waals surface area contributed by atoms with Crippen molar-refractivity contribution in [3.05, 3.63) is 59.9 Å². The summed E-state index contributed by atoms with van der Waals surface area (Å²) in [6.45, 7) is -0.483. The number of anilines is 1. The van der Waals surface area contributed by atoms with Crippen LogP contribution in [0.25, 0.3) is 0 Å². The Balaban J connectivity index is 1.64. The molecule has 2 atom stereocenters. The highest BCUT2D eigenvalue weighted by molar-refractivity contribution is 5.97. The van der Waals surface area contributed by atoms with Gasteiger partial charge < -0.3 is 15.1 Å². The molecule has 1 N–H and O–H groups in total. The third-order valence-corrected chi connectivity index (χ3v) is 5.21. The number of likely N-dealkylation sites (N-methyl/N-ethyl adjacent to an activating group) is 1. The molecule has 1 aliphatic rings. The molecule has 3 rings (SSSR count). The Bertz CT molecular complexity index is 1080. The predicted molar refractivity (Wildman–Crippen MR) is 110 cm³/mol. The van der Waals surface area contributed by atoms with Gasteiger partial charge >= 0.3 is 6.18 Å². The van der Waals surface area contributed by atoms with Gasteiger partial charge in [0.25, 0.3) is 5.91 Å². The van der Waals surface area contributed by atoms with Crippen LogP contribution in [0.5, 0.6) is 0 Å². The Morgan fingerprint density at radius 1 is 1.24 bits per heavy atom. The second-order valence-corrected chi connectivity index (χ2v) is 7.60. The maximum absolute atomic E-state index is 12.9. The molecule has 1 saturated heterocycles. The largest absolute Gasteiger partial charge is 0.417 e. The van der Waals surface area contributed by atoms with Gasteiger partial charge in [-0.05, 0) is 24.6 Å². The maximum Gasteiger partial charge on any atom is 0.417 e. The number of hydrogen-bond acceptors (Lipinski definition) is 5. The molecule has 0 saturated carbocycles. The van der Waals surface area contributed by atoms with E-state index in [2.05, 4.69) is 10.3 Å². The molecule has 0 radical (unpaired) electrons. The molecule has 172 valence electrons. The molecule has 1 fully saturated rings. The number of nitriles is 1. The molecule has 3 amide bonds. The summed E-state index contributed by atoms with van der Waals surface area (Å²) in [5.41, 5.74) is -0.816. The van der Waals surface area contributed by atoms with Gasteiger partial charge in [-0.2, -0.15) is 18.4 Å². The number of amides is 3. The average molecular weight is 459 g/mol. The van der Waals surface area contributed by atoms with Crippen molar-refractivity contribution in [3.63, 3.8) is 0 Å². The van der Waals surface area contributed by atoms with E-state index in [0.29, 0.717) is 18.0 Å². The smallest absolute Gasteiger partial charge is 0.332 e. The highest BCUT2D eigenvalue weighted by Gasteiger charge is 2.39. The van der Waals surface area contributed by atoms with E-state index in [-0.39, 0.29) is 24.4 Å². The fourth-order valence-corrected chi connectivity index (χ4v) is 3.49. The van der Waals surface area contributed by atoms with Crippen LogP contribution in [-0.2, 0) is 15.8 Å². The standard InChI is InChI=1S/C22H20F3N5O3/c1-29(21(33)14-7-16(11-27-10-14)22(23,24)25)13-19(31)30-12-15(8-18(30)9-26)20(32)28-17-5-3-2-4-6-17/h2-7,10-11,15,18H,8,12-13H2,1H3,(H,28,32). The van der Waals surface area contributed by atoms with E-state index in [1.54, 1.807) is 30.3 Å². The fourth-order valence-electron chi connectivity index (χ4n) is 3.49. The first-order valence-electron chi connectivity index (χ1n) is 9.93. The number of halogens is 3. The molecule has 2 aromatic rings. The number of carbonyl (C=O) groups excluding carboxylic acids is 3. The van der Waals surface area contributed by atoms with Crippen LogP contribution in [0, 0.1) is 17.2 Å². The maximum atomic E-state index is 12.9. The Kier molecular flexibility index (Phi) is 6.96. The van der Waals surface area contributed by atoms with Crippen molar-refractivity contribution in [2.75, 3.05) is 25.5 Å². The van der Waals surface area contributed by atoms with E-state index in [0.717, 1.165) is 11.1 Å². The Labute approximate surface area is 187 Å². The van der Waals surface area contributed by atoms with Gasteiger partial charge in [-0.15, -0.1) is 0 Å². The highest BCUT2D eigenvalue weighted by Crippen LogP contribution is 2.29. The zero-order valence-electron chi connectivity index (χ0n) is 17.5. The van der Waals surface area contributed by atoms with Crippen LogP contribution in [-0.4, -0.2) is 58.7 Å². The zero-order chi connectivity index (χ0) is 24.2. The van der Waals surface area contributed by atoms with Gasteiger partial charge in [-0.3, -0.25) is 19.4 Å². The Morgan fingerprint density at radius 2 is 1.94 bits per heavy atom. The van der Waals surface area contributed by atoms with Crippen molar-refractivity contribution in [3.8, 4) is 6.07 Å². The molecule has 2 heterocycles. The fraction of sp³-hybridized carbons (Fsp3) is 0.318. The predicted octanol–water partition coefficient (Wildman–Crippen LogP) is 2.55. The van der Waals surface area contributed by atoms with Crippen molar-refractivity contribution in [2.45, 2.75) is 18.6 Å². The number of pyridine rings is 1. The lowest BCUT2D eigenvalue weighted by molar-refractivity contribution is -0.138. The number of aromatic nitrogens is 1. The second-order valence-electron chi connectivity index (χ2n) is 7.60. The summed E-state index contributed by atoms with van der Waals surface area (Å²) in [5.74, 6) is -2.37. The number of likely N-dealkylation sites (tertiary alicyclic amines) is 1. The lowest BCUT2D eigenvalue weighted by Gasteiger charge is -2.24. The van der Waals surface area contributed by atoms with E-state index in [9.17, 15) is 32.8 Å². The number of hydrogen-bond donors (Lipinski definition) is 1. The summed E-state index contributed by atoms with van der Waals surface area (Å²) in [6, 6.07) is 10.5. The van der Waals surface area contributed by atoms with Gasteiger partial charge in [-0.1, -0.05) is 18.2 Å². The SMILES string of the molecule is CN(CC(=O)N1CC(C(=O)Nc2ccccc2)CC1C#N)C(=O)c1cncc(C(F)(F)F)c1. The molecule has 33 heavy (non-hydrogen) atoms. The third kappa shape index (κ3) is 5.65. The molecule has 1 aromatic carbocycles. The van der Waals surface area contributed by atoms with Crippen LogP contribution in [0.1, 0.15) is 22.3 Å². The quantitative estimate of drug-likeness (QED) is 0.740. The van der Waals surface area contributed by atoms with E-state index < -0.39 is 42.1 Å². The molecule has 0 bridgehead atoms. The minimum atomic E-state index is -4.66. The minimum absolute atomic E-state index is 0.0110. The lowest BCUT2D eigenvalue weighted by Crippen LogP contribution is -2.43. The van der Waals surface area contributed by atoms with Gasteiger partial charge in [-0.25, -0.2) is 0 Å². The van der Waals surface area contributed by atoms with Crippen molar-refractivity contribution < 1.29 is 27.6 Å². The minimum Gasteiger partial charge on any atom is -0.332 e. The molecule has 0 spiro atoms. The lowest BCUT2D eigenvalue weighted by atomic mass is 10.1. The van der Waals surface area contributed by atoms with Crippen LogP contribution in [0.2, 0.25) is 0 Å².